The van der Waals surface area contributed by atoms with Crippen LogP contribution in [0.2, 0.25) is 0 Å². The van der Waals surface area contributed by atoms with Crippen LogP contribution in [0.25, 0.3) is 0 Å². The summed E-state index contributed by atoms with van der Waals surface area (Å²) in [5.41, 5.74) is 0.429. The molecule has 1 aliphatic heterocycles. The molecule has 0 radical (unpaired) electrons. The first kappa shape index (κ1) is 19.3. The highest BCUT2D eigenvalue weighted by molar-refractivity contribution is 9.10. The Bertz CT molecular complexity index is 817. The molecule has 3 rings (SSSR count). The van der Waals surface area contributed by atoms with Crippen molar-refractivity contribution in [2.24, 2.45) is 5.92 Å². The van der Waals surface area contributed by atoms with Crippen LogP contribution in [0.1, 0.15) is 31.2 Å². The number of imide groups is 1. The fourth-order valence-corrected chi connectivity index (χ4v) is 3.83. The average Bonchev–Trinajstić information content (AvgIpc) is 2.83. The first-order valence-electron chi connectivity index (χ1n) is 8.65. The van der Waals surface area contributed by atoms with E-state index in [1.54, 1.807) is 18.2 Å². The second kappa shape index (κ2) is 7.30. The normalized spacial score (nSPS) is 24.8. The van der Waals surface area contributed by atoms with Gasteiger partial charge in [-0.3, -0.25) is 19.3 Å². The molecule has 9 heteroatoms. The zero-order valence-corrected chi connectivity index (χ0v) is 16.3. The highest BCUT2D eigenvalue weighted by atomic mass is 79.9. The van der Waals surface area contributed by atoms with E-state index in [0.717, 1.165) is 14.9 Å². The monoisotopic (exact) mass is 437 g/mol. The SMILES string of the molecule is Cc1cc(NC(=O)CN2C(=O)NC3(CCC(C(=O)O)CC3)C2=O)ccc1Br. The van der Waals surface area contributed by atoms with Crippen LogP contribution in [0.5, 0.6) is 0 Å². The van der Waals surface area contributed by atoms with Gasteiger partial charge in [-0.05, 0) is 56.4 Å². The molecule has 1 saturated heterocycles. The molecule has 27 heavy (non-hydrogen) atoms. The summed E-state index contributed by atoms with van der Waals surface area (Å²) in [5.74, 6) is -2.32. The predicted molar refractivity (Wildman–Crippen MR) is 100 cm³/mol. The van der Waals surface area contributed by atoms with Crippen molar-refractivity contribution in [1.29, 1.82) is 0 Å². The zero-order valence-electron chi connectivity index (χ0n) is 14.8. The summed E-state index contributed by atoms with van der Waals surface area (Å²) in [6.45, 7) is 1.50. The van der Waals surface area contributed by atoms with Crippen LogP contribution in [-0.4, -0.2) is 45.9 Å². The van der Waals surface area contributed by atoms with Crippen LogP contribution in [0.15, 0.2) is 22.7 Å². The minimum Gasteiger partial charge on any atom is -0.481 e. The number of anilines is 1. The summed E-state index contributed by atoms with van der Waals surface area (Å²) >= 11 is 3.38. The molecular formula is C18H20BrN3O5. The van der Waals surface area contributed by atoms with Crippen molar-refractivity contribution in [1.82, 2.24) is 10.2 Å². The molecule has 8 nitrogen and oxygen atoms in total. The quantitative estimate of drug-likeness (QED) is 0.624. The Morgan fingerprint density at radius 2 is 2.00 bits per heavy atom. The van der Waals surface area contributed by atoms with Crippen molar-refractivity contribution in [3.63, 3.8) is 0 Å². The number of hydrogen-bond donors (Lipinski definition) is 3. The number of carboxylic acids is 1. The smallest absolute Gasteiger partial charge is 0.325 e. The van der Waals surface area contributed by atoms with E-state index in [1.165, 1.54) is 0 Å². The van der Waals surface area contributed by atoms with Gasteiger partial charge in [-0.15, -0.1) is 0 Å². The molecule has 1 aromatic rings. The van der Waals surface area contributed by atoms with Gasteiger partial charge in [-0.2, -0.15) is 0 Å². The second-order valence-electron chi connectivity index (χ2n) is 7.03. The number of hydrogen-bond acceptors (Lipinski definition) is 4. The third-order valence-corrected chi connectivity index (χ3v) is 6.07. The molecule has 3 N–H and O–H groups in total. The standard InChI is InChI=1S/C18H20BrN3O5/c1-10-8-12(2-3-13(10)19)20-14(23)9-22-16(26)18(21-17(22)27)6-4-11(5-7-18)15(24)25/h2-3,8,11H,4-7,9H2,1H3,(H,20,23)(H,21,27)(H,24,25). The Morgan fingerprint density at radius 3 is 2.59 bits per heavy atom. The summed E-state index contributed by atoms with van der Waals surface area (Å²) in [7, 11) is 0. The highest BCUT2D eigenvalue weighted by Crippen LogP contribution is 2.36. The predicted octanol–water partition coefficient (Wildman–Crippen LogP) is 2.26. The Hall–Kier alpha value is -2.42. The lowest BCUT2D eigenvalue weighted by Crippen LogP contribution is -2.50. The van der Waals surface area contributed by atoms with E-state index in [2.05, 4.69) is 26.6 Å². The van der Waals surface area contributed by atoms with Gasteiger partial charge >= 0.3 is 12.0 Å². The van der Waals surface area contributed by atoms with Gasteiger partial charge in [0.2, 0.25) is 5.91 Å². The number of amides is 4. The molecule has 1 saturated carbocycles. The first-order valence-corrected chi connectivity index (χ1v) is 9.44. The zero-order chi connectivity index (χ0) is 19.8. The molecule has 0 unspecified atom stereocenters. The van der Waals surface area contributed by atoms with Gasteiger partial charge in [0, 0.05) is 10.2 Å². The van der Waals surface area contributed by atoms with Crippen LogP contribution >= 0.6 is 15.9 Å². The Kier molecular flexibility index (Phi) is 5.23. The maximum atomic E-state index is 12.8. The Labute approximate surface area is 164 Å². The number of urea groups is 1. The van der Waals surface area contributed by atoms with Crippen LogP contribution < -0.4 is 10.6 Å². The fraction of sp³-hybridized carbons (Fsp3) is 0.444. The number of carbonyl (C=O) groups excluding carboxylic acids is 3. The van der Waals surface area contributed by atoms with Gasteiger partial charge in [-0.1, -0.05) is 15.9 Å². The molecule has 1 heterocycles. The molecule has 2 aliphatic rings. The Morgan fingerprint density at radius 1 is 1.33 bits per heavy atom. The van der Waals surface area contributed by atoms with Crippen molar-refractivity contribution >= 4 is 45.4 Å². The lowest BCUT2D eigenvalue weighted by molar-refractivity contribution is -0.145. The number of nitrogens with zero attached hydrogens (tertiary/aromatic N) is 1. The summed E-state index contributed by atoms with van der Waals surface area (Å²) in [6.07, 6.45) is 1.16. The van der Waals surface area contributed by atoms with E-state index in [1.807, 2.05) is 6.92 Å². The number of rotatable bonds is 4. The number of aliphatic carboxylic acids is 1. The third-order valence-electron chi connectivity index (χ3n) is 5.18. The summed E-state index contributed by atoms with van der Waals surface area (Å²) in [6, 6.07) is 4.68. The lowest BCUT2D eigenvalue weighted by Gasteiger charge is -2.33. The van der Waals surface area contributed by atoms with E-state index < -0.39 is 35.3 Å². The van der Waals surface area contributed by atoms with Crippen LogP contribution in [0.3, 0.4) is 0 Å². The van der Waals surface area contributed by atoms with Crippen molar-refractivity contribution in [2.75, 3.05) is 11.9 Å². The molecule has 0 atom stereocenters. The number of carboxylic acid groups (broad SMARTS) is 1. The third kappa shape index (κ3) is 3.83. The Balaban J connectivity index is 1.64. The largest absolute Gasteiger partial charge is 0.481 e. The van der Waals surface area contributed by atoms with Crippen molar-refractivity contribution in [2.45, 2.75) is 38.1 Å². The first-order chi connectivity index (χ1) is 12.7. The number of aryl methyl sites for hydroxylation is 1. The molecule has 1 aromatic carbocycles. The van der Waals surface area contributed by atoms with Gasteiger partial charge in [0.05, 0.1) is 5.92 Å². The molecule has 0 aromatic heterocycles. The minimum absolute atomic E-state index is 0.262. The summed E-state index contributed by atoms with van der Waals surface area (Å²) < 4.78 is 0.911. The maximum absolute atomic E-state index is 12.8. The number of carbonyl (C=O) groups is 4. The molecular weight excluding hydrogens is 418 g/mol. The minimum atomic E-state index is -1.09. The molecule has 4 amide bonds. The molecule has 1 spiro atoms. The maximum Gasteiger partial charge on any atom is 0.325 e. The van der Waals surface area contributed by atoms with Gasteiger partial charge < -0.3 is 15.7 Å². The van der Waals surface area contributed by atoms with Gasteiger partial charge in [0.25, 0.3) is 5.91 Å². The number of benzene rings is 1. The van der Waals surface area contributed by atoms with Gasteiger partial charge in [0.1, 0.15) is 12.1 Å². The molecule has 144 valence electrons. The van der Waals surface area contributed by atoms with Crippen LogP contribution in [-0.2, 0) is 14.4 Å². The highest BCUT2D eigenvalue weighted by Gasteiger charge is 2.53. The fourth-order valence-electron chi connectivity index (χ4n) is 3.58. The summed E-state index contributed by atoms with van der Waals surface area (Å²) in [5, 5.41) is 14.4. The van der Waals surface area contributed by atoms with Crippen LogP contribution in [0.4, 0.5) is 10.5 Å². The molecule has 2 fully saturated rings. The van der Waals surface area contributed by atoms with E-state index in [-0.39, 0.29) is 19.4 Å². The number of halogens is 1. The topological polar surface area (TPSA) is 116 Å². The molecule has 1 aliphatic carbocycles. The van der Waals surface area contributed by atoms with Crippen molar-refractivity contribution in [3.8, 4) is 0 Å². The summed E-state index contributed by atoms with van der Waals surface area (Å²) in [4.78, 5) is 49.3. The van der Waals surface area contributed by atoms with E-state index in [9.17, 15) is 19.2 Å². The van der Waals surface area contributed by atoms with Crippen molar-refractivity contribution in [3.05, 3.63) is 28.2 Å². The van der Waals surface area contributed by atoms with E-state index in [4.69, 9.17) is 5.11 Å². The van der Waals surface area contributed by atoms with Crippen LogP contribution in [0, 0.1) is 12.8 Å². The van der Waals surface area contributed by atoms with Gasteiger partial charge in [-0.25, -0.2) is 4.79 Å². The van der Waals surface area contributed by atoms with E-state index in [0.29, 0.717) is 18.5 Å². The number of nitrogens with one attached hydrogen (secondary N) is 2. The average molecular weight is 438 g/mol. The van der Waals surface area contributed by atoms with Crippen molar-refractivity contribution < 1.29 is 24.3 Å². The van der Waals surface area contributed by atoms with Gasteiger partial charge in [0.15, 0.2) is 0 Å². The molecule has 0 bridgehead atoms. The second-order valence-corrected chi connectivity index (χ2v) is 7.88. The lowest BCUT2D eigenvalue weighted by atomic mass is 9.76. The van der Waals surface area contributed by atoms with E-state index >= 15 is 0 Å².